The van der Waals surface area contributed by atoms with Gasteiger partial charge in [0.15, 0.2) is 16.6 Å². The average molecular weight is 440 g/mol. The predicted octanol–water partition coefficient (Wildman–Crippen LogP) is 3.01. The standard InChI is InChI=1S/C23H25N3O4S/c1-24-23(31)26-8-7-13-11-19(29-3)20(30-4)12-16(13)21(26)17-10-14-9-15(28-2)5-6-18(14)25-22(17)27/h5-6,9-12,21H,7-8H2,1-4H3,(H,24,31)(H,25,27)/t21-/m1/s1. The topological polar surface area (TPSA) is 75.8 Å². The first-order chi connectivity index (χ1) is 15.0. The van der Waals surface area contributed by atoms with Gasteiger partial charge in [0.2, 0.25) is 0 Å². The summed E-state index contributed by atoms with van der Waals surface area (Å²) in [6.45, 7) is 0.669. The van der Waals surface area contributed by atoms with E-state index in [4.69, 9.17) is 26.4 Å². The van der Waals surface area contributed by atoms with E-state index in [1.807, 2.05) is 41.3 Å². The Morgan fingerprint density at radius 3 is 2.48 bits per heavy atom. The van der Waals surface area contributed by atoms with Crippen LogP contribution in [0.15, 0.2) is 41.2 Å². The number of pyridine rings is 1. The van der Waals surface area contributed by atoms with E-state index in [0.717, 1.165) is 34.2 Å². The van der Waals surface area contributed by atoms with Crippen molar-refractivity contribution in [2.75, 3.05) is 34.9 Å². The molecule has 0 aliphatic carbocycles. The van der Waals surface area contributed by atoms with Gasteiger partial charge in [-0.05, 0) is 66.2 Å². The highest BCUT2D eigenvalue weighted by atomic mass is 32.1. The van der Waals surface area contributed by atoms with Crippen molar-refractivity contribution >= 4 is 28.2 Å². The SMILES string of the molecule is CNC(=S)N1CCc2cc(OC)c(OC)cc2[C@@H]1c1cc2cc(OC)ccc2[nH]c1=O. The Morgan fingerprint density at radius 2 is 1.81 bits per heavy atom. The molecule has 3 aromatic rings. The van der Waals surface area contributed by atoms with Crippen molar-refractivity contribution in [2.45, 2.75) is 12.5 Å². The molecule has 4 rings (SSSR count). The van der Waals surface area contributed by atoms with Crippen LogP contribution in [0.2, 0.25) is 0 Å². The third-order valence-electron chi connectivity index (χ3n) is 5.72. The summed E-state index contributed by atoms with van der Waals surface area (Å²) >= 11 is 5.60. The van der Waals surface area contributed by atoms with E-state index in [1.54, 1.807) is 28.4 Å². The number of hydrogen-bond donors (Lipinski definition) is 2. The van der Waals surface area contributed by atoms with Crippen LogP contribution in [0.1, 0.15) is 22.7 Å². The van der Waals surface area contributed by atoms with Crippen LogP contribution in [-0.4, -0.2) is 49.9 Å². The van der Waals surface area contributed by atoms with E-state index in [9.17, 15) is 4.79 Å². The van der Waals surface area contributed by atoms with Crippen molar-refractivity contribution in [1.29, 1.82) is 0 Å². The second kappa shape index (κ2) is 8.47. The molecule has 1 aliphatic heterocycles. The fourth-order valence-corrected chi connectivity index (χ4v) is 4.37. The summed E-state index contributed by atoms with van der Waals surface area (Å²) < 4.78 is 16.4. The maximum Gasteiger partial charge on any atom is 0.254 e. The Balaban J connectivity index is 1.96. The van der Waals surface area contributed by atoms with Gasteiger partial charge in [-0.3, -0.25) is 4.79 Å². The molecule has 1 aliphatic rings. The molecular formula is C23H25N3O4S. The lowest BCUT2D eigenvalue weighted by Gasteiger charge is -2.39. The normalized spacial score (nSPS) is 15.4. The van der Waals surface area contributed by atoms with Gasteiger partial charge >= 0.3 is 0 Å². The van der Waals surface area contributed by atoms with Crippen LogP contribution in [0.3, 0.4) is 0 Å². The number of benzene rings is 2. The summed E-state index contributed by atoms with van der Waals surface area (Å²) in [4.78, 5) is 18.2. The van der Waals surface area contributed by atoms with Crippen LogP contribution in [0.5, 0.6) is 17.2 Å². The second-order valence-electron chi connectivity index (χ2n) is 7.31. The fraction of sp³-hybridized carbons (Fsp3) is 0.304. The first-order valence-corrected chi connectivity index (χ1v) is 10.4. The second-order valence-corrected chi connectivity index (χ2v) is 7.70. The highest BCUT2D eigenvalue weighted by Crippen LogP contribution is 2.40. The van der Waals surface area contributed by atoms with Crippen LogP contribution in [-0.2, 0) is 6.42 Å². The van der Waals surface area contributed by atoms with Crippen molar-refractivity contribution in [3.63, 3.8) is 0 Å². The van der Waals surface area contributed by atoms with Crippen LogP contribution in [0, 0.1) is 0 Å². The minimum atomic E-state index is -0.372. The molecule has 0 saturated heterocycles. The molecular weight excluding hydrogens is 414 g/mol. The number of ether oxygens (including phenoxy) is 3. The molecule has 2 aromatic carbocycles. The molecule has 8 heteroatoms. The molecule has 2 N–H and O–H groups in total. The predicted molar refractivity (Wildman–Crippen MR) is 125 cm³/mol. The van der Waals surface area contributed by atoms with Gasteiger partial charge in [-0.2, -0.15) is 0 Å². The zero-order valence-electron chi connectivity index (χ0n) is 17.9. The lowest BCUT2D eigenvalue weighted by Crippen LogP contribution is -2.46. The number of hydrogen-bond acceptors (Lipinski definition) is 5. The summed E-state index contributed by atoms with van der Waals surface area (Å²) in [7, 11) is 6.64. The molecule has 0 unspecified atom stereocenters. The maximum absolute atomic E-state index is 13.2. The zero-order chi connectivity index (χ0) is 22.1. The molecule has 1 atom stereocenters. The molecule has 31 heavy (non-hydrogen) atoms. The Labute approximate surface area is 185 Å². The molecule has 7 nitrogen and oxygen atoms in total. The highest BCUT2D eigenvalue weighted by molar-refractivity contribution is 7.80. The smallest absolute Gasteiger partial charge is 0.254 e. The van der Waals surface area contributed by atoms with Crippen LogP contribution >= 0.6 is 12.2 Å². The summed E-state index contributed by atoms with van der Waals surface area (Å²) in [5, 5.41) is 4.53. The Bertz CT molecular complexity index is 1210. The van der Waals surface area contributed by atoms with Crippen LogP contribution < -0.4 is 25.1 Å². The van der Waals surface area contributed by atoms with Gasteiger partial charge in [-0.1, -0.05) is 0 Å². The molecule has 1 aromatic heterocycles. The molecule has 0 saturated carbocycles. The van der Waals surface area contributed by atoms with Gasteiger partial charge in [-0.15, -0.1) is 0 Å². The number of nitrogens with one attached hydrogen (secondary N) is 2. The average Bonchev–Trinajstić information content (AvgIpc) is 2.81. The van der Waals surface area contributed by atoms with Gasteiger partial charge in [-0.25, -0.2) is 0 Å². The fourth-order valence-electron chi connectivity index (χ4n) is 4.18. The Hall–Kier alpha value is -3.26. The van der Waals surface area contributed by atoms with Gasteiger partial charge in [0.1, 0.15) is 5.75 Å². The van der Waals surface area contributed by atoms with E-state index in [2.05, 4.69) is 10.3 Å². The van der Waals surface area contributed by atoms with Crippen molar-refractivity contribution in [1.82, 2.24) is 15.2 Å². The number of fused-ring (bicyclic) bond motifs is 2. The van der Waals surface area contributed by atoms with Crippen molar-refractivity contribution < 1.29 is 14.2 Å². The van der Waals surface area contributed by atoms with Crippen molar-refractivity contribution in [3.8, 4) is 17.2 Å². The van der Waals surface area contributed by atoms with Gasteiger partial charge in [0.25, 0.3) is 5.56 Å². The van der Waals surface area contributed by atoms with E-state index < -0.39 is 0 Å². The number of aromatic nitrogens is 1. The van der Waals surface area contributed by atoms with Crippen LogP contribution in [0.25, 0.3) is 10.9 Å². The van der Waals surface area contributed by atoms with E-state index >= 15 is 0 Å². The van der Waals surface area contributed by atoms with Crippen molar-refractivity contribution in [2.24, 2.45) is 0 Å². The van der Waals surface area contributed by atoms with Gasteiger partial charge < -0.3 is 29.4 Å². The number of nitrogens with zero attached hydrogens (tertiary/aromatic N) is 1. The van der Waals surface area contributed by atoms with E-state index in [1.165, 1.54) is 0 Å². The monoisotopic (exact) mass is 439 g/mol. The minimum absolute atomic E-state index is 0.158. The van der Waals surface area contributed by atoms with Gasteiger partial charge in [0, 0.05) is 30.1 Å². The van der Waals surface area contributed by atoms with Crippen LogP contribution in [0.4, 0.5) is 0 Å². The summed E-state index contributed by atoms with van der Waals surface area (Å²) in [6, 6.07) is 11.1. The molecule has 0 bridgehead atoms. The lowest BCUT2D eigenvalue weighted by molar-refractivity contribution is 0.324. The van der Waals surface area contributed by atoms with Crippen molar-refractivity contribution in [3.05, 3.63) is 63.4 Å². The third kappa shape index (κ3) is 3.67. The number of H-pyrrole nitrogens is 1. The Kier molecular flexibility index (Phi) is 5.73. The minimum Gasteiger partial charge on any atom is -0.497 e. The molecule has 0 spiro atoms. The number of rotatable bonds is 4. The highest BCUT2D eigenvalue weighted by Gasteiger charge is 2.33. The summed E-state index contributed by atoms with van der Waals surface area (Å²) in [6.07, 6.45) is 0.771. The van der Waals surface area contributed by atoms with Gasteiger partial charge in [0.05, 0.1) is 27.4 Å². The molecule has 0 amide bonds. The molecule has 0 radical (unpaired) electrons. The third-order valence-corrected chi connectivity index (χ3v) is 6.16. The summed E-state index contributed by atoms with van der Waals surface area (Å²) in [5.74, 6) is 2.01. The zero-order valence-corrected chi connectivity index (χ0v) is 18.8. The first kappa shape index (κ1) is 21.0. The Morgan fingerprint density at radius 1 is 1.06 bits per heavy atom. The molecule has 0 fully saturated rings. The first-order valence-electron chi connectivity index (χ1n) is 9.94. The molecule has 162 valence electrons. The quantitative estimate of drug-likeness (QED) is 0.605. The largest absolute Gasteiger partial charge is 0.497 e. The maximum atomic E-state index is 13.2. The number of methoxy groups -OCH3 is 3. The molecule has 2 heterocycles. The van der Waals surface area contributed by atoms with E-state index in [-0.39, 0.29) is 11.6 Å². The number of thiocarbonyl (C=S) groups is 1. The lowest BCUT2D eigenvalue weighted by atomic mass is 9.88. The van der Waals surface area contributed by atoms with E-state index in [0.29, 0.717) is 28.7 Å². The number of aromatic amines is 1. The summed E-state index contributed by atoms with van der Waals surface area (Å²) in [5.41, 5.74) is 3.26.